The molecule has 1 atom stereocenters. The van der Waals surface area contributed by atoms with E-state index in [1.165, 1.54) is 18.0 Å². The first-order chi connectivity index (χ1) is 19.5. The highest BCUT2D eigenvalue weighted by Crippen LogP contribution is 2.59. The molecule has 1 aliphatic rings. The second kappa shape index (κ2) is 14.5. The highest BCUT2D eigenvalue weighted by Gasteiger charge is 2.53. The van der Waals surface area contributed by atoms with Crippen LogP contribution in [0.15, 0.2) is 64.7 Å². The molecule has 1 unspecified atom stereocenters. The molecular formula is C33H52BrN5O2S. The molecule has 42 heavy (non-hydrogen) atoms. The number of benzene rings is 1. The molecule has 0 aromatic heterocycles. The number of nitrogens with two attached hydrogens (primary N) is 1. The lowest BCUT2D eigenvalue weighted by Gasteiger charge is -2.36. The molecule has 0 aliphatic carbocycles. The zero-order valence-corrected chi connectivity index (χ0v) is 29.2. The smallest absolute Gasteiger partial charge is 0.247 e. The Balaban J connectivity index is 2.97. The predicted octanol–water partition coefficient (Wildman–Crippen LogP) is 6.50. The van der Waals surface area contributed by atoms with Gasteiger partial charge in [0.25, 0.3) is 0 Å². The van der Waals surface area contributed by atoms with Crippen molar-refractivity contribution in [3.05, 3.63) is 75.8 Å². The Morgan fingerprint density at radius 3 is 2.33 bits per heavy atom. The molecule has 0 saturated carbocycles. The Bertz CT molecular complexity index is 1240. The molecule has 1 fully saturated rings. The molecule has 2 rings (SSSR count). The monoisotopic (exact) mass is 661 g/mol. The van der Waals surface area contributed by atoms with Crippen molar-refractivity contribution in [2.24, 2.45) is 11.1 Å². The summed E-state index contributed by atoms with van der Waals surface area (Å²) in [5, 5.41) is 28.9. The highest BCUT2D eigenvalue weighted by atomic mass is 79.9. The molecule has 7 nitrogen and oxygen atoms in total. The maximum atomic E-state index is 11.0. The van der Waals surface area contributed by atoms with Crippen LogP contribution in [0.2, 0.25) is 0 Å². The van der Waals surface area contributed by atoms with Gasteiger partial charge in [0.1, 0.15) is 0 Å². The average Bonchev–Trinajstić information content (AvgIpc) is 3.14. The van der Waals surface area contributed by atoms with Gasteiger partial charge in [0.2, 0.25) is 5.91 Å². The van der Waals surface area contributed by atoms with Gasteiger partial charge in [-0.1, -0.05) is 38.6 Å². The lowest BCUT2D eigenvalue weighted by atomic mass is 9.70. The van der Waals surface area contributed by atoms with Gasteiger partial charge in [0.15, 0.2) is 0 Å². The first-order valence-electron chi connectivity index (χ1n) is 14.5. The second-order valence-corrected chi connectivity index (χ2v) is 13.4. The maximum Gasteiger partial charge on any atom is 0.247 e. The SMILES string of the molecule is C=Cc1cc(C(=C(\Br)NCS)/C(C)=C2/C(=C\N)N(C(C)(O)O)C(=C)C2(CCC)CCCNC(C)(C)C)ccc1N(C)C. The van der Waals surface area contributed by atoms with E-state index in [4.69, 9.17) is 5.73 Å². The van der Waals surface area contributed by atoms with E-state index in [-0.39, 0.29) is 5.54 Å². The van der Waals surface area contributed by atoms with Gasteiger partial charge in [0, 0.05) is 55.1 Å². The standard InChI is InChI=1S/C33H52BrN5O2S/c1-11-16-33(17-13-18-37-31(5,6)7)23(4)39(32(8,40)41)27(20-35)29(33)22(3)28(30(34)36-21-42)25-14-15-26(38(9)10)24(12-2)19-25/h12,14-15,19-20,36-37,40-42H,2,4,11,13,16-18,21,35H2,1,3,5-10H3/b27-20+,29-22-,30-28+. The molecule has 0 radical (unpaired) electrons. The summed E-state index contributed by atoms with van der Waals surface area (Å²) in [6, 6.07) is 6.29. The van der Waals surface area contributed by atoms with Crippen LogP contribution in [0, 0.1) is 5.41 Å². The van der Waals surface area contributed by atoms with Crippen molar-refractivity contribution in [3.63, 3.8) is 0 Å². The zero-order chi connectivity index (χ0) is 32.0. The number of nitrogens with zero attached hydrogens (tertiary/aromatic N) is 2. The van der Waals surface area contributed by atoms with Crippen LogP contribution < -0.4 is 21.3 Å². The Morgan fingerprint density at radius 1 is 1.21 bits per heavy atom. The topological polar surface area (TPSA) is 97.0 Å². The summed E-state index contributed by atoms with van der Waals surface area (Å²) >= 11 is 8.25. The van der Waals surface area contributed by atoms with E-state index in [9.17, 15) is 10.2 Å². The third-order valence-corrected chi connectivity index (χ3v) is 8.55. The predicted molar refractivity (Wildman–Crippen MR) is 187 cm³/mol. The third kappa shape index (κ3) is 7.85. The van der Waals surface area contributed by atoms with E-state index in [0.717, 1.165) is 70.4 Å². The van der Waals surface area contributed by atoms with Crippen LogP contribution in [0.25, 0.3) is 11.6 Å². The first-order valence-corrected chi connectivity index (χ1v) is 15.9. The normalized spacial score (nSPS) is 20.6. The fourth-order valence-electron chi connectivity index (χ4n) is 6.07. The minimum absolute atomic E-state index is 0.0107. The summed E-state index contributed by atoms with van der Waals surface area (Å²) in [7, 11) is 4.02. The number of nitrogens with one attached hydrogen (secondary N) is 2. The number of likely N-dealkylation sites (tertiary alicyclic amines) is 1. The van der Waals surface area contributed by atoms with Gasteiger partial charge < -0.3 is 31.5 Å². The fraction of sp³-hybridized carbons (Fsp3) is 0.515. The minimum Gasteiger partial charge on any atom is -0.403 e. The van der Waals surface area contributed by atoms with E-state index >= 15 is 0 Å². The van der Waals surface area contributed by atoms with Gasteiger partial charge in [-0.2, -0.15) is 12.6 Å². The van der Waals surface area contributed by atoms with Crippen molar-refractivity contribution in [2.45, 2.75) is 78.7 Å². The molecule has 1 aliphatic heterocycles. The zero-order valence-electron chi connectivity index (χ0n) is 26.7. The van der Waals surface area contributed by atoms with Gasteiger partial charge in [-0.15, -0.1) is 0 Å². The number of aliphatic hydroxyl groups is 2. The van der Waals surface area contributed by atoms with Crippen molar-refractivity contribution in [3.8, 4) is 0 Å². The van der Waals surface area contributed by atoms with Crippen molar-refractivity contribution < 1.29 is 10.2 Å². The van der Waals surface area contributed by atoms with Crippen LogP contribution >= 0.6 is 28.6 Å². The minimum atomic E-state index is -2.19. The average molecular weight is 663 g/mol. The largest absolute Gasteiger partial charge is 0.403 e. The van der Waals surface area contributed by atoms with Crippen molar-refractivity contribution in [1.29, 1.82) is 0 Å². The summed E-state index contributed by atoms with van der Waals surface area (Å²) in [6.45, 7) is 21.4. The summed E-state index contributed by atoms with van der Waals surface area (Å²) in [4.78, 5) is 3.55. The van der Waals surface area contributed by atoms with Crippen LogP contribution in [-0.2, 0) is 0 Å². The lowest BCUT2D eigenvalue weighted by molar-refractivity contribution is -0.225. The molecule has 1 aromatic carbocycles. The molecule has 1 aromatic rings. The third-order valence-electron chi connectivity index (χ3n) is 7.71. The summed E-state index contributed by atoms with van der Waals surface area (Å²) < 4.78 is 0.770. The van der Waals surface area contributed by atoms with Gasteiger partial charge in [-0.25, -0.2) is 0 Å². The van der Waals surface area contributed by atoms with E-state index in [0.29, 0.717) is 17.3 Å². The molecule has 0 amide bonds. The molecule has 0 spiro atoms. The number of rotatable bonds is 13. The van der Waals surface area contributed by atoms with Gasteiger partial charge in [-0.3, -0.25) is 4.90 Å². The maximum absolute atomic E-state index is 11.0. The molecule has 234 valence electrons. The van der Waals surface area contributed by atoms with Crippen molar-refractivity contribution in [2.75, 3.05) is 31.4 Å². The number of thiol groups is 1. The van der Waals surface area contributed by atoms with Crippen LogP contribution in [-0.4, -0.2) is 53.1 Å². The van der Waals surface area contributed by atoms with Crippen LogP contribution in [0.5, 0.6) is 0 Å². The number of hydrogen-bond donors (Lipinski definition) is 6. The highest BCUT2D eigenvalue weighted by molar-refractivity contribution is 9.11. The molecule has 6 N–H and O–H groups in total. The molecule has 1 saturated heterocycles. The molecule has 9 heteroatoms. The number of hydrogen-bond acceptors (Lipinski definition) is 8. The molecule has 1 heterocycles. The van der Waals surface area contributed by atoms with Crippen LogP contribution in [0.4, 0.5) is 5.69 Å². The van der Waals surface area contributed by atoms with Crippen molar-refractivity contribution >= 4 is 45.9 Å². The summed E-state index contributed by atoms with van der Waals surface area (Å²) in [5.41, 5.74) is 12.7. The van der Waals surface area contributed by atoms with Crippen LogP contribution in [0.3, 0.4) is 0 Å². The van der Waals surface area contributed by atoms with E-state index in [1.54, 1.807) is 0 Å². The number of halogens is 1. The Hall–Kier alpha value is -2.17. The van der Waals surface area contributed by atoms with E-state index in [1.807, 2.05) is 20.2 Å². The first kappa shape index (κ1) is 36.0. The molecular weight excluding hydrogens is 610 g/mol. The Labute approximate surface area is 267 Å². The Kier molecular flexibility index (Phi) is 12.5. The van der Waals surface area contributed by atoms with E-state index in [2.05, 4.69) is 110 Å². The van der Waals surface area contributed by atoms with Crippen LogP contribution in [0.1, 0.15) is 78.4 Å². The molecule has 0 bridgehead atoms. The quantitative estimate of drug-likeness (QED) is 0.0622. The van der Waals surface area contributed by atoms with Gasteiger partial charge in [0.05, 0.1) is 16.2 Å². The Morgan fingerprint density at radius 2 is 1.86 bits per heavy atom. The number of anilines is 1. The van der Waals surface area contributed by atoms with Gasteiger partial charge >= 0.3 is 0 Å². The lowest BCUT2D eigenvalue weighted by Crippen LogP contribution is -2.43. The summed E-state index contributed by atoms with van der Waals surface area (Å²) in [5.74, 6) is -1.78. The fourth-order valence-corrected chi connectivity index (χ4v) is 7.11. The number of allylic oxidation sites excluding steroid dienone is 4. The van der Waals surface area contributed by atoms with Gasteiger partial charge in [-0.05, 0) is 104 Å². The van der Waals surface area contributed by atoms with Crippen molar-refractivity contribution in [1.82, 2.24) is 15.5 Å². The van der Waals surface area contributed by atoms with E-state index < -0.39 is 11.3 Å². The second-order valence-electron chi connectivity index (χ2n) is 12.3. The summed E-state index contributed by atoms with van der Waals surface area (Å²) in [6.07, 6.45) is 6.58.